The van der Waals surface area contributed by atoms with Gasteiger partial charge in [-0.15, -0.1) is 11.3 Å². The summed E-state index contributed by atoms with van der Waals surface area (Å²) >= 11 is 3.79. The van der Waals surface area contributed by atoms with Gasteiger partial charge < -0.3 is 10.1 Å². The molecule has 0 atom stereocenters. The summed E-state index contributed by atoms with van der Waals surface area (Å²) in [5, 5.41) is 5.09. The molecule has 1 aromatic carbocycles. The lowest BCUT2D eigenvalue weighted by molar-refractivity contribution is -0.135. The Balaban J connectivity index is 2.30. The fourth-order valence-corrected chi connectivity index (χ4v) is 2.66. The van der Waals surface area contributed by atoms with Crippen molar-refractivity contribution in [1.29, 1.82) is 0 Å². The van der Waals surface area contributed by atoms with Crippen LogP contribution in [0.3, 0.4) is 0 Å². The van der Waals surface area contributed by atoms with Crippen molar-refractivity contribution in [2.75, 3.05) is 12.4 Å². The number of para-hydroxylation sites is 1. The third-order valence-corrected chi connectivity index (χ3v) is 4.14. The van der Waals surface area contributed by atoms with E-state index in [1.54, 1.807) is 17.4 Å². The Kier molecular flexibility index (Phi) is 4.98. The summed E-state index contributed by atoms with van der Waals surface area (Å²) in [5.74, 6) is -0.381. The number of halogens is 1. The SMILES string of the molecule is COC(=O)/C(=C\c1cccs1)Nc1ccccc1I. The van der Waals surface area contributed by atoms with E-state index in [0.29, 0.717) is 5.70 Å². The third-order valence-electron chi connectivity index (χ3n) is 2.38. The minimum atomic E-state index is -0.381. The number of methoxy groups -OCH3 is 1. The van der Waals surface area contributed by atoms with Crippen LogP contribution in [0, 0.1) is 3.57 Å². The highest BCUT2D eigenvalue weighted by atomic mass is 127. The molecule has 19 heavy (non-hydrogen) atoms. The number of benzene rings is 1. The van der Waals surface area contributed by atoms with Gasteiger partial charge >= 0.3 is 5.97 Å². The van der Waals surface area contributed by atoms with Crippen LogP contribution < -0.4 is 5.32 Å². The molecule has 98 valence electrons. The summed E-state index contributed by atoms with van der Waals surface area (Å²) < 4.78 is 5.85. The molecular weight excluding hydrogens is 373 g/mol. The molecule has 0 bridgehead atoms. The number of thiophene rings is 1. The highest BCUT2D eigenvalue weighted by molar-refractivity contribution is 14.1. The van der Waals surface area contributed by atoms with Crippen molar-refractivity contribution >= 4 is 51.7 Å². The Morgan fingerprint density at radius 3 is 2.74 bits per heavy atom. The van der Waals surface area contributed by atoms with Gasteiger partial charge in [0.05, 0.1) is 12.8 Å². The first-order valence-corrected chi connectivity index (χ1v) is 7.51. The zero-order valence-electron chi connectivity index (χ0n) is 10.2. The van der Waals surface area contributed by atoms with Crippen molar-refractivity contribution < 1.29 is 9.53 Å². The predicted molar refractivity (Wildman–Crippen MR) is 87.1 cm³/mol. The van der Waals surface area contributed by atoms with Gasteiger partial charge in [0.2, 0.25) is 0 Å². The van der Waals surface area contributed by atoms with Crippen molar-refractivity contribution in [3.8, 4) is 0 Å². The van der Waals surface area contributed by atoms with E-state index in [1.807, 2.05) is 41.8 Å². The maximum Gasteiger partial charge on any atom is 0.354 e. The van der Waals surface area contributed by atoms with Crippen LogP contribution >= 0.6 is 33.9 Å². The van der Waals surface area contributed by atoms with Gasteiger partial charge in [0.1, 0.15) is 5.70 Å². The van der Waals surface area contributed by atoms with Gasteiger partial charge in [-0.1, -0.05) is 18.2 Å². The number of carbonyl (C=O) groups is 1. The van der Waals surface area contributed by atoms with Crippen LogP contribution in [0.15, 0.2) is 47.5 Å². The molecule has 1 heterocycles. The molecule has 1 aromatic heterocycles. The van der Waals surface area contributed by atoms with E-state index >= 15 is 0 Å². The summed E-state index contributed by atoms with van der Waals surface area (Å²) in [6.07, 6.45) is 1.79. The Morgan fingerprint density at radius 1 is 1.32 bits per heavy atom. The molecule has 0 spiro atoms. The van der Waals surface area contributed by atoms with Gasteiger partial charge in [-0.2, -0.15) is 0 Å². The molecule has 0 aliphatic heterocycles. The molecule has 2 rings (SSSR count). The van der Waals surface area contributed by atoms with Crippen molar-refractivity contribution in [3.05, 3.63) is 55.9 Å². The Labute approximate surface area is 129 Å². The van der Waals surface area contributed by atoms with E-state index in [4.69, 9.17) is 4.74 Å². The van der Waals surface area contributed by atoms with Gasteiger partial charge in [0.25, 0.3) is 0 Å². The lowest BCUT2D eigenvalue weighted by Crippen LogP contribution is -2.13. The number of hydrogen-bond acceptors (Lipinski definition) is 4. The Hall–Kier alpha value is -1.34. The average molecular weight is 385 g/mol. The molecule has 0 unspecified atom stereocenters. The molecule has 1 N–H and O–H groups in total. The Morgan fingerprint density at radius 2 is 2.11 bits per heavy atom. The monoisotopic (exact) mass is 385 g/mol. The van der Waals surface area contributed by atoms with Crippen molar-refractivity contribution in [2.24, 2.45) is 0 Å². The van der Waals surface area contributed by atoms with E-state index in [2.05, 4.69) is 27.9 Å². The first-order chi connectivity index (χ1) is 9.20. The van der Waals surface area contributed by atoms with Crippen molar-refractivity contribution in [1.82, 2.24) is 0 Å². The highest BCUT2D eigenvalue weighted by Gasteiger charge is 2.11. The van der Waals surface area contributed by atoms with E-state index in [9.17, 15) is 4.79 Å². The average Bonchev–Trinajstić information content (AvgIpc) is 2.92. The molecule has 0 radical (unpaired) electrons. The van der Waals surface area contributed by atoms with Gasteiger partial charge in [-0.3, -0.25) is 0 Å². The predicted octanol–water partition coefficient (Wildman–Crippen LogP) is 3.98. The second-order valence-electron chi connectivity index (χ2n) is 3.67. The summed E-state index contributed by atoms with van der Waals surface area (Å²) in [6.45, 7) is 0. The normalized spacial score (nSPS) is 11.2. The minimum absolute atomic E-state index is 0.381. The summed E-state index contributed by atoms with van der Waals surface area (Å²) in [7, 11) is 1.38. The second kappa shape index (κ2) is 6.72. The molecular formula is C14H12INO2S. The van der Waals surface area contributed by atoms with E-state index in [-0.39, 0.29) is 5.97 Å². The standard InChI is InChI=1S/C14H12INO2S/c1-18-14(17)13(9-10-5-4-8-19-10)16-12-7-3-2-6-11(12)15/h2-9,16H,1H3/b13-9+. The largest absolute Gasteiger partial charge is 0.464 e. The summed E-state index contributed by atoms with van der Waals surface area (Å²) in [6, 6.07) is 11.7. The van der Waals surface area contributed by atoms with Gasteiger partial charge in [-0.05, 0) is 52.2 Å². The smallest absolute Gasteiger partial charge is 0.354 e. The fraction of sp³-hybridized carbons (Fsp3) is 0.0714. The number of hydrogen-bond donors (Lipinski definition) is 1. The quantitative estimate of drug-likeness (QED) is 0.492. The van der Waals surface area contributed by atoms with Crippen LogP contribution in [-0.4, -0.2) is 13.1 Å². The number of anilines is 1. The number of esters is 1. The zero-order chi connectivity index (χ0) is 13.7. The maximum absolute atomic E-state index is 11.8. The lowest BCUT2D eigenvalue weighted by atomic mass is 10.3. The maximum atomic E-state index is 11.8. The van der Waals surface area contributed by atoms with Crippen LogP contribution in [0.4, 0.5) is 5.69 Å². The van der Waals surface area contributed by atoms with Gasteiger partial charge in [0, 0.05) is 8.45 Å². The number of ether oxygens (including phenoxy) is 1. The van der Waals surface area contributed by atoms with Crippen LogP contribution in [0.2, 0.25) is 0 Å². The topological polar surface area (TPSA) is 38.3 Å². The fourth-order valence-electron chi connectivity index (χ4n) is 1.48. The summed E-state index contributed by atoms with van der Waals surface area (Å²) in [4.78, 5) is 12.8. The van der Waals surface area contributed by atoms with Gasteiger partial charge in [-0.25, -0.2) is 4.79 Å². The zero-order valence-corrected chi connectivity index (χ0v) is 13.2. The van der Waals surface area contributed by atoms with Crippen LogP contribution in [0.1, 0.15) is 4.88 Å². The number of rotatable bonds is 4. The minimum Gasteiger partial charge on any atom is -0.464 e. The first kappa shape index (κ1) is 14.1. The second-order valence-corrected chi connectivity index (χ2v) is 5.81. The molecule has 0 amide bonds. The molecule has 0 saturated carbocycles. The van der Waals surface area contributed by atoms with Crippen molar-refractivity contribution in [3.63, 3.8) is 0 Å². The first-order valence-electron chi connectivity index (χ1n) is 5.56. The highest BCUT2D eigenvalue weighted by Crippen LogP contribution is 2.21. The molecule has 3 nitrogen and oxygen atoms in total. The molecule has 0 saturated heterocycles. The van der Waals surface area contributed by atoms with E-state index in [0.717, 1.165) is 14.1 Å². The Bertz CT molecular complexity index is 593. The molecule has 5 heteroatoms. The molecule has 0 fully saturated rings. The van der Waals surface area contributed by atoms with Crippen LogP contribution in [0.5, 0.6) is 0 Å². The number of carbonyl (C=O) groups excluding carboxylic acids is 1. The van der Waals surface area contributed by atoms with E-state index in [1.165, 1.54) is 7.11 Å². The lowest BCUT2D eigenvalue weighted by Gasteiger charge is -2.10. The summed E-state index contributed by atoms with van der Waals surface area (Å²) in [5.41, 5.74) is 1.31. The molecule has 0 aliphatic carbocycles. The van der Waals surface area contributed by atoms with Gasteiger partial charge in [0.15, 0.2) is 0 Å². The van der Waals surface area contributed by atoms with E-state index < -0.39 is 0 Å². The van der Waals surface area contributed by atoms with Crippen molar-refractivity contribution in [2.45, 2.75) is 0 Å². The number of nitrogens with one attached hydrogen (secondary N) is 1. The molecule has 0 aliphatic rings. The molecule has 2 aromatic rings. The third kappa shape index (κ3) is 3.81. The van der Waals surface area contributed by atoms with Crippen LogP contribution in [-0.2, 0) is 9.53 Å². The van der Waals surface area contributed by atoms with Crippen LogP contribution in [0.25, 0.3) is 6.08 Å².